The highest BCUT2D eigenvalue weighted by Crippen LogP contribution is 2.53. The van der Waals surface area contributed by atoms with Gasteiger partial charge in [0.25, 0.3) is 0 Å². The van der Waals surface area contributed by atoms with Gasteiger partial charge in [-0.05, 0) is 39.7 Å². The van der Waals surface area contributed by atoms with Crippen LogP contribution in [0.2, 0.25) is 5.82 Å². The van der Waals surface area contributed by atoms with E-state index < -0.39 is 0 Å². The molecule has 1 aliphatic heterocycles. The van der Waals surface area contributed by atoms with Gasteiger partial charge in [-0.25, -0.2) is 0 Å². The fourth-order valence-corrected chi connectivity index (χ4v) is 2.69. The summed E-state index contributed by atoms with van der Waals surface area (Å²) in [5, 5.41) is 0. The number of hydrogen-bond donors (Lipinski definition) is 0. The Bertz CT molecular complexity index is 539. The number of carbonyl (C=O) groups excluding carboxylic acids is 1. The molecule has 4 nitrogen and oxygen atoms in total. The van der Waals surface area contributed by atoms with Crippen LogP contribution in [0.3, 0.4) is 0 Å². The molecule has 3 rings (SSSR count). The lowest BCUT2D eigenvalue weighted by Crippen LogP contribution is -2.41. The summed E-state index contributed by atoms with van der Waals surface area (Å²) >= 11 is 0. The molecule has 1 saturated heterocycles. The summed E-state index contributed by atoms with van der Waals surface area (Å²) in [5.41, 5.74) is 0.306. The lowest BCUT2D eigenvalue weighted by atomic mass is 9.80. The summed E-state index contributed by atoms with van der Waals surface area (Å²) in [6.45, 7) is 8.43. The molecule has 22 heavy (non-hydrogen) atoms. The van der Waals surface area contributed by atoms with E-state index in [-0.39, 0.29) is 36.0 Å². The number of hydrogen-bond acceptors (Lipinski definition) is 4. The van der Waals surface area contributed by atoms with Crippen molar-refractivity contribution in [2.75, 3.05) is 0 Å². The van der Waals surface area contributed by atoms with Crippen LogP contribution in [-0.2, 0) is 25.4 Å². The molecule has 1 aromatic rings. The molecule has 118 valence electrons. The predicted molar refractivity (Wildman–Crippen MR) is 84.2 cm³/mol. The van der Waals surface area contributed by atoms with Gasteiger partial charge in [-0.1, -0.05) is 30.3 Å². The van der Waals surface area contributed by atoms with Gasteiger partial charge in [0.2, 0.25) is 0 Å². The second-order valence-electron chi connectivity index (χ2n) is 7.22. The highest BCUT2D eigenvalue weighted by Gasteiger charge is 2.61. The number of rotatable bonds is 4. The van der Waals surface area contributed by atoms with Gasteiger partial charge in [-0.15, -0.1) is 0 Å². The Kier molecular flexibility index (Phi) is 3.81. The molecule has 1 aromatic carbocycles. The van der Waals surface area contributed by atoms with Gasteiger partial charge in [0.15, 0.2) is 0 Å². The van der Waals surface area contributed by atoms with Crippen LogP contribution in [0.4, 0.5) is 0 Å². The van der Waals surface area contributed by atoms with Gasteiger partial charge in [-0.3, -0.25) is 4.79 Å². The van der Waals surface area contributed by atoms with Crippen LogP contribution in [0.25, 0.3) is 0 Å². The lowest BCUT2D eigenvalue weighted by molar-refractivity contribution is -0.146. The van der Waals surface area contributed by atoms with Crippen molar-refractivity contribution >= 4 is 13.1 Å². The first-order valence-electron chi connectivity index (χ1n) is 7.86. The smallest absolute Gasteiger partial charge is 0.461 e. The molecule has 1 aliphatic carbocycles. The van der Waals surface area contributed by atoms with Crippen LogP contribution in [-0.4, -0.2) is 24.3 Å². The average molecular weight is 302 g/mol. The van der Waals surface area contributed by atoms with E-state index in [2.05, 4.69) is 0 Å². The third-order valence-corrected chi connectivity index (χ3v) is 4.99. The molecule has 2 atom stereocenters. The predicted octanol–water partition coefficient (Wildman–Crippen LogP) is 3.21. The van der Waals surface area contributed by atoms with Gasteiger partial charge in [0.05, 0.1) is 17.1 Å². The van der Waals surface area contributed by atoms with Crippen LogP contribution in [0.1, 0.15) is 39.7 Å². The van der Waals surface area contributed by atoms with E-state index in [0.717, 1.165) is 12.0 Å². The Balaban J connectivity index is 1.51. The van der Waals surface area contributed by atoms with E-state index in [1.807, 2.05) is 58.0 Å². The van der Waals surface area contributed by atoms with Crippen molar-refractivity contribution in [3.63, 3.8) is 0 Å². The first kappa shape index (κ1) is 15.6. The fraction of sp³-hybridized carbons (Fsp3) is 0.588. The van der Waals surface area contributed by atoms with Gasteiger partial charge < -0.3 is 14.0 Å². The largest absolute Gasteiger partial charge is 0.462 e. The van der Waals surface area contributed by atoms with E-state index in [9.17, 15) is 4.79 Å². The molecular formula is C17H23BO4. The van der Waals surface area contributed by atoms with E-state index in [4.69, 9.17) is 14.0 Å². The Morgan fingerprint density at radius 1 is 1.18 bits per heavy atom. The van der Waals surface area contributed by atoms with Crippen LogP contribution in [0.5, 0.6) is 0 Å². The van der Waals surface area contributed by atoms with Crippen molar-refractivity contribution in [1.82, 2.24) is 0 Å². The molecule has 0 unspecified atom stereocenters. The molecule has 2 fully saturated rings. The second kappa shape index (κ2) is 5.39. The SMILES string of the molecule is CC1(C)OB([C@@H]2C[C@H]2C(=O)OCc2ccccc2)OC1(C)C. The maximum absolute atomic E-state index is 12.1. The minimum atomic E-state index is -0.348. The topological polar surface area (TPSA) is 44.8 Å². The van der Waals surface area contributed by atoms with Crippen LogP contribution in [0, 0.1) is 5.92 Å². The van der Waals surface area contributed by atoms with Crippen molar-refractivity contribution in [1.29, 1.82) is 0 Å². The Morgan fingerprint density at radius 3 is 2.36 bits per heavy atom. The van der Waals surface area contributed by atoms with Crippen molar-refractivity contribution in [3.05, 3.63) is 35.9 Å². The number of esters is 1. The highest BCUT2D eigenvalue weighted by atomic mass is 16.7. The van der Waals surface area contributed by atoms with E-state index in [1.54, 1.807) is 0 Å². The minimum Gasteiger partial charge on any atom is -0.461 e. The maximum atomic E-state index is 12.1. The molecule has 0 aromatic heterocycles. The maximum Gasteiger partial charge on any atom is 0.462 e. The van der Waals surface area contributed by atoms with Gasteiger partial charge in [0.1, 0.15) is 6.61 Å². The quantitative estimate of drug-likeness (QED) is 0.633. The van der Waals surface area contributed by atoms with Crippen molar-refractivity contribution < 1.29 is 18.8 Å². The third kappa shape index (κ3) is 2.92. The molecule has 1 saturated carbocycles. The van der Waals surface area contributed by atoms with Gasteiger partial charge >= 0.3 is 13.1 Å². The Labute approximate surface area is 132 Å². The van der Waals surface area contributed by atoms with Crippen LogP contribution >= 0.6 is 0 Å². The average Bonchev–Trinajstić information content (AvgIpc) is 3.21. The molecule has 0 bridgehead atoms. The van der Waals surface area contributed by atoms with Crippen LogP contribution in [0.15, 0.2) is 30.3 Å². The number of carbonyl (C=O) groups is 1. The minimum absolute atomic E-state index is 0.0987. The van der Waals surface area contributed by atoms with Crippen LogP contribution < -0.4 is 0 Å². The molecule has 2 aliphatic rings. The zero-order valence-electron chi connectivity index (χ0n) is 13.7. The lowest BCUT2D eigenvalue weighted by Gasteiger charge is -2.32. The first-order valence-corrected chi connectivity index (χ1v) is 7.86. The molecule has 0 amide bonds. The van der Waals surface area contributed by atoms with E-state index >= 15 is 0 Å². The Hall–Kier alpha value is -1.33. The van der Waals surface area contributed by atoms with Gasteiger partial charge in [0, 0.05) is 5.82 Å². The van der Waals surface area contributed by atoms with Crippen molar-refractivity contribution in [2.45, 2.75) is 57.7 Å². The zero-order chi connectivity index (χ0) is 16.0. The highest BCUT2D eigenvalue weighted by molar-refractivity contribution is 6.49. The molecule has 1 heterocycles. The van der Waals surface area contributed by atoms with Crippen molar-refractivity contribution in [3.8, 4) is 0 Å². The zero-order valence-corrected chi connectivity index (χ0v) is 13.7. The summed E-state index contributed by atoms with van der Waals surface area (Å²) in [7, 11) is -0.306. The second-order valence-corrected chi connectivity index (χ2v) is 7.22. The Morgan fingerprint density at radius 2 is 1.77 bits per heavy atom. The molecule has 0 spiro atoms. The monoisotopic (exact) mass is 302 g/mol. The first-order chi connectivity index (χ1) is 10.3. The molecule has 5 heteroatoms. The molecule has 0 radical (unpaired) electrons. The van der Waals surface area contributed by atoms with E-state index in [1.165, 1.54) is 0 Å². The summed E-state index contributed by atoms with van der Waals surface area (Å²) in [6, 6.07) is 9.72. The van der Waals surface area contributed by atoms with Gasteiger partial charge in [-0.2, -0.15) is 0 Å². The summed E-state index contributed by atoms with van der Waals surface area (Å²) in [6.07, 6.45) is 0.782. The normalized spacial score (nSPS) is 28.5. The number of ether oxygens (including phenoxy) is 1. The number of benzene rings is 1. The molecule has 0 N–H and O–H groups in total. The third-order valence-electron chi connectivity index (χ3n) is 4.99. The van der Waals surface area contributed by atoms with E-state index in [0.29, 0.717) is 6.61 Å². The summed E-state index contributed by atoms with van der Waals surface area (Å²) in [4.78, 5) is 12.1. The van der Waals surface area contributed by atoms with Crippen molar-refractivity contribution in [2.24, 2.45) is 5.92 Å². The fourth-order valence-electron chi connectivity index (χ4n) is 2.69. The molecular weight excluding hydrogens is 279 g/mol. The summed E-state index contributed by atoms with van der Waals surface area (Å²) in [5.74, 6) is -0.133. The summed E-state index contributed by atoms with van der Waals surface area (Å²) < 4.78 is 17.4. The standard InChI is InChI=1S/C17H23BO4/c1-16(2)17(3,4)22-18(21-16)14-10-13(14)15(19)20-11-12-8-6-5-7-9-12/h5-9,13-14H,10-11H2,1-4H3/t13-,14-/m1/s1.